The van der Waals surface area contributed by atoms with Crippen LogP contribution in [-0.2, 0) is 6.42 Å². The van der Waals surface area contributed by atoms with Crippen molar-refractivity contribution in [2.24, 2.45) is 0 Å². The van der Waals surface area contributed by atoms with Crippen LogP contribution in [0.15, 0.2) is 42.5 Å². The fourth-order valence-electron chi connectivity index (χ4n) is 2.18. The van der Waals surface area contributed by atoms with Crippen molar-refractivity contribution in [2.45, 2.75) is 26.3 Å². The summed E-state index contributed by atoms with van der Waals surface area (Å²) in [6.07, 6.45) is 0.730. The van der Waals surface area contributed by atoms with E-state index in [4.69, 9.17) is 5.26 Å². The maximum absolute atomic E-state index is 13.2. The van der Waals surface area contributed by atoms with E-state index >= 15 is 0 Å². The van der Waals surface area contributed by atoms with Crippen LogP contribution < -0.4 is 5.32 Å². The lowest BCUT2D eigenvalue weighted by Crippen LogP contribution is -2.18. The predicted molar refractivity (Wildman–Crippen MR) is 79.1 cm³/mol. The van der Waals surface area contributed by atoms with Gasteiger partial charge in [0.05, 0.1) is 11.6 Å². The molecule has 2 aromatic carbocycles. The van der Waals surface area contributed by atoms with Crippen molar-refractivity contribution >= 4 is 5.69 Å². The Morgan fingerprint density at radius 1 is 1.25 bits per heavy atom. The van der Waals surface area contributed by atoms with E-state index < -0.39 is 0 Å². The molecule has 3 heteroatoms. The average molecular weight is 268 g/mol. The summed E-state index contributed by atoms with van der Waals surface area (Å²) in [5.41, 5.74) is 3.64. The van der Waals surface area contributed by atoms with Crippen molar-refractivity contribution in [3.63, 3.8) is 0 Å². The van der Waals surface area contributed by atoms with E-state index in [0.29, 0.717) is 5.56 Å². The number of nitriles is 1. The molecule has 0 aromatic heterocycles. The zero-order valence-corrected chi connectivity index (χ0v) is 11.7. The molecule has 2 nitrogen and oxygen atoms in total. The molecule has 0 aliphatic heterocycles. The second-order valence-electron chi connectivity index (χ2n) is 5.02. The number of halogens is 1. The zero-order chi connectivity index (χ0) is 14.5. The molecule has 0 spiro atoms. The van der Waals surface area contributed by atoms with E-state index in [1.165, 1.54) is 6.07 Å². The minimum absolute atomic E-state index is 0.157. The van der Waals surface area contributed by atoms with Gasteiger partial charge >= 0.3 is 0 Å². The highest BCUT2D eigenvalue weighted by molar-refractivity contribution is 5.55. The van der Waals surface area contributed by atoms with Crippen LogP contribution in [0.1, 0.15) is 23.6 Å². The minimum Gasteiger partial charge on any atom is -0.382 e. The second-order valence-corrected chi connectivity index (χ2v) is 5.02. The number of benzene rings is 2. The molecular weight excluding hydrogens is 251 g/mol. The van der Waals surface area contributed by atoms with E-state index in [0.717, 1.165) is 23.2 Å². The van der Waals surface area contributed by atoms with Crippen LogP contribution in [0.2, 0.25) is 0 Å². The largest absolute Gasteiger partial charge is 0.382 e. The van der Waals surface area contributed by atoms with Crippen LogP contribution in [0.3, 0.4) is 0 Å². The smallest absolute Gasteiger partial charge is 0.123 e. The first-order chi connectivity index (χ1) is 9.58. The molecule has 1 atom stereocenters. The molecule has 0 bridgehead atoms. The number of aryl methyl sites for hydroxylation is 1. The third-order valence-electron chi connectivity index (χ3n) is 3.20. The van der Waals surface area contributed by atoms with Crippen molar-refractivity contribution in [3.8, 4) is 6.07 Å². The number of anilines is 1. The molecule has 20 heavy (non-hydrogen) atoms. The Morgan fingerprint density at radius 3 is 2.75 bits per heavy atom. The summed E-state index contributed by atoms with van der Waals surface area (Å²) in [5.74, 6) is -0.211. The first kappa shape index (κ1) is 14.1. The molecule has 102 valence electrons. The average Bonchev–Trinajstić information content (AvgIpc) is 2.41. The summed E-state index contributed by atoms with van der Waals surface area (Å²) in [4.78, 5) is 0. The van der Waals surface area contributed by atoms with Gasteiger partial charge in [-0.3, -0.25) is 0 Å². The molecule has 2 rings (SSSR count). The third kappa shape index (κ3) is 3.58. The van der Waals surface area contributed by atoms with E-state index in [1.54, 1.807) is 18.2 Å². The van der Waals surface area contributed by atoms with Gasteiger partial charge in [-0.15, -0.1) is 0 Å². The Morgan fingerprint density at radius 2 is 2.05 bits per heavy atom. The lowest BCUT2D eigenvalue weighted by atomic mass is 10.1. The van der Waals surface area contributed by atoms with Gasteiger partial charge in [0.15, 0.2) is 0 Å². The molecule has 0 aliphatic rings. The number of hydrogen-bond donors (Lipinski definition) is 1. The van der Waals surface area contributed by atoms with Crippen LogP contribution in [0.25, 0.3) is 0 Å². The summed E-state index contributed by atoms with van der Waals surface area (Å²) in [5, 5.41) is 12.3. The first-order valence-corrected chi connectivity index (χ1v) is 6.60. The van der Waals surface area contributed by atoms with Gasteiger partial charge in [0.1, 0.15) is 5.82 Å². The molecule has 0 radical (unpaired) electrons. The maximum atomic E-state index is 13.2. The molecule has 0 heterocycles. The van der Waals surface area contributed by atoms with Gasteiger partial charge in [0.25, 0.3) is 0 Å². The Kier molecular flexibility index (Phi) is 4.37. The Hall–Kier alpha value is -2.34. The van der Waals surface area contributed by atoms with Gasteiger partial charge in [0.2, 0.25) is 0 Å². The quantitative estimate of drug-likeness (QED) is 0.908. The third-order valence-corrected chi connectivity index (χ3v) is 3.20. The highest BCUT2D eigenvalue weighted by Crippen LogP contribution is 2.18. The number of nitrogens with zero attached hydrogens (tertiary/aromatic N) is 1. The van der Waals surface area contributed by atoms with Crippen molar-refractivity contribution in [1.82, 2.24) is 0 Å². The predicted octanol–water partition coefficient (Wildman–Crippen LogP) is 4.05. The van der Waals surface area contributed by atoms with Gasteiger partial charge < -0.3 is 5.32 Å². The standard InChI is InChI=1S/C17H17FN2/c1-12-6-7-15(11-19)10-17(12)20-13(2)8-14-4-3-5-16(18)9-14/h3-7,9-10,13,20H,8H2,1-2H3. The minimum atomic E-state index is -0.211. The molecule has 1 unspecified atom stereocenters. The fraction of sp³-hybridized carbons (Fsp3) is 0.235. The van der Waals surface area contributed by atoms with Gasteiger partial charge in [-0.2, -0.15) is 5.26 Å². The Labute approximate surface area is 118 Å². The van der Waals surface area contributed by atoms with E-state index in [9.17, 15) is 4.39 Å². The molecular formula is C17H17FN2. The van der Waals surface area contributed by atoms with Gasteiger partial charge in [-0.25, -0.2) is 4.39 Å². The molecule has 2 aromatic rings. The molecule has 0 amide bonds. The summed E-state index contributed by atoms with van der Waals surface area (Å²) in [6, 6.07) is 14.5. The first-order valence-electron chi connectivity index (χ1n) is 6.60. The van der Waals surface area contributed by atoms with Crippen molar-refractivity contribution in [2.75, 3.05) is 5.32 Å². The molecule has 1 N–H and O–H groups in total. The van der Waals surface area contributed by atoms with Crippen molar-refractivity contribution < 1.29 is 4.39 Å². The lowest BCUT2D eigenvalue weighted by Gasteiger charge is -2.17. The Bertz CT molecular complexity index is 644. The van der Waals surface area contributed by atoms with Crippen molar-refractivity contribution in [3.05, 3.63) is 65.0 Å². The van der Waals surface area contributed by atoms with Gasteiger partial charge in [-0.05, 0) is 55.7 Å². The maximum Gasteiger partial charge on any atom is 0.123 e. The second kappa shape index (κ2) is 6.21. The van der Waals surface area contributed by atoms with Gasteiger partial charge in [0, 0.05) is 11.7 Å². The van der Waals surface area contributed by atoms with Crippen LogP contribution in [0, 0.1) is 24.1 Å². The van der Waals surface area contributed by atoms with Crippen LogP contribution in [-0.4, -0.2) is 6.04 Å². The highest BCUT2D eigenvalue weighted by Gasteiger charge is 2.07. The summed E-state index contributed by atoms with van der Waals surface area (Å²) >= 11 is 0. The molecule has 0 aliphatic carbocycles. The van der Waals surface area contributed by atoms with Crippen LogP contribution in [0.4, 0.5) is 10.1 Å². The summed E-state index contributed by atoms with van der Waals surface area (Å²) in [7, 11) is 0. The number of hydrogen-bond acceptors (Lipinski definition) is 2. The summed E-state index contributed by atoms with van der Waals surface area (Å²) < 4.78 is 13.2. The number of rotatable bonds is 4. The highest BCUT2D eigenvalue weighted by atomic mass is 19.1. The van der Waals surface area contributed by atoms with Crippen molar-refractivity contribution in [1.29, 1.82) is 5.26 Å². The molecule has 0 saturated heterocycles. The van der Waals surface area contributed by atoms with Gasteiger partial charge in [-0.1, -0.05) is 18.2 Å². The van der Waals surface area contributed by atoms with Crippen LogP contribution in [0.5, 0.6) is 0 Å². The topological polar surface area (TPSA) is 35.8 Å². The molecule has 0 fully saturated rings. The lowest BCUT2D eigenvalue weighted by molar-refractivity contribution is 0.624. The number of nitrogens with one attached hydrogen (secondary N) is 1. The monoisotopic (exact) mass is 268 g/mol. The van der Waals surface area contributed by atoms with E-state index in [-0.39, 0.29) is 11.9 Å². The SMILES string of the molecule is Cc1ccc(C#N)cc1NC(C)Cc1cccc(F)c1. The molecule has 0 saturated carbocycles. The van der Waals surface area contributed by atoms with E-state index in [2.05, 4.69) is 11.4 Å². The van der Waals surface area contributed by atoms with E-state index in [1.807, 2.05) is 32.0 Å². The normalized spacial score (nSPS) is 11.7. The fourth-order valence-corrected chi connectivity index (χ4v) is 2.18. The zero-order valence-electron chi connectivity index (χ0n) is 11.7. The Balaban J connectivity index is 2.08. The summed E-state index contributed by atoms with van der Waals surface area (Å²) in [6.45, 7) is 4.04. The van der Waals surface area contributed by atoms with Crippen LogP contribution >= 0.6 is 0 Å².